The average molecular weight is 276 g/mol. The van der Waals surface area contributed by atoms with Crippen molar-refractivity contribution >= 4 is 0 Å². The Morgan fingerprint density at radius 2 is 1.33 bits per heavy atom. The Labute approximate surface area is 100 Å². The molecule has 7 heteroatoms. The lowest BCUT2D eigenvalue weighted by Gasteiger charge is -2.41. The van der Waals surface area contributed by atoms with Gasteiger partial charge in [0.2, 0.25) is 0 Å². The molecule has 2 unspecified atom stereocenters. The quantitative estimate of drug-likeness (QED) is 0.726. The minimum atomic E-state index is -5.68. The van der Waals surface area contributed by atoms with Crippen LogP contribution in [0.1, 0.15) is 26.2 Å². The van der Waals surface area contributed by atoms with Gasteiger partial charge in [0.05, 0.1) is 0 Å². The molecule has 4 atom stereocenters. The molecule has 0 aromatic rings. The maximum atomic E-state index is 12.7. The zero-order valence-corrected chi connectivity index (χ0v) is 9.65. The summed E-state index contributed by atoms with van der Waals surface area (Å²) in [4.78, 5) is 0. The molecule has 2 bridgehead atoms. The van der Waals surface area contributed by atoms with Crippen molar-refractivity contribution in [3.63, 3.8) is 0 Å². The fraction of sp³-hybridized carbons (Fsp3) is 1.00. The van der Waals surface area contributed by atoms with Crippen LogP contribution >= 0.6 is 0 Å². The standard InChI is InChI=1S/C11H14F6O/c1-5-2-7-3-6(5)4-8(7)9(18,10(12,13)14)11(15,16)17/h5-8,18H,2-4H2,1H3/t5-,6+,7?,8?/m1/s1. The summed E-state index contributed by atoms with van der Waals surface area (Å²) in [7, 11) is 0. The third kappa shape index (κ3) is 1.73. The van der Waals surface area contributed by atoms with E-state index in [1.54, 1.807) is 0 Å². The van der Waals surface area contributed by atoms with E-state index in [2.05, 4.69) is 0 Å². The summed E-state index contributed by atoms with van der Waals surface area (Å²) >= 11 is 0. The molecular weight excluding hydrogens is 262 g/mol. The predicted octanol–water partition coefficient (Wildman–Crippen LogP) is 3.52. The number of aliphatic hydroxyl groups is 1. The normalized spacial score (nSPS) is 37.3. The first-order chi connectivity index (χ1) is 7.98. The molecule has 2 saturated carbocycles. The summed E-state index contributed by atoms with van der Waals surface area (Å²) in [5, 5.41) is 9.34. The lowest BCUT2D eigenvalue weighted by atomic mass is 9.73. The number of hydrogen-bond donors (Lipinski definition) is 1. The molecule has 2 rings (SSSR count). The molecular formula is C11H14F6O. The molecule has 0 aliphatic heterocycles. The van der Waals surface area contributed by atoms with E-state index in [1.165, 1.54) is 0 Å². The molecule has 106 valence electrons. The largest absolute Gasteiger partial charge is 0.426 e. The van der Waals surface area contributed by atoms with Crippen LogP contribution in [-0.4, -0.2) is 23.1 Å². The van der Waals surface area contributed by atoms with Gasteiger partial charge in [-0.05, 0) is 37.0 Å². The van der Waals surface area contributed by atoms with Crippen LogP contribution in [0, 0.1) is 23.7 Å². The van der Waals surface area contributed by atoms with Crippen LogP contribution in [-0.2, 0) is 0 Å². The van der Waals surface area contributed by atoms with E-state index in [-0.39, 0.29) is 18.3 Å². The fourth-order valence-corrected chi connectivity index (χ4v) is 3.66. The van der Waals surface area contributed by atoms with Crippen molar-refractivity contribution in [2.45, 2.75) is 44.1 Å². The minimum absolute atomic E-state index is 0.128. The van der Waals surface area contributed by atoms with Gasteiger partial charge in [0.1, 0.15) is 0 Å². The number of rotatable bonds is 1. The van der Waals surface area contributed by atoms with E-state index >= 15 is 0 Å². The van der Waals surface area contributed by atoms with E-state index in [0.717, 1.165) is 0 Å². The molecule has 2 aliphatic rings. The van der Waals surface area contributed by atoms with E-state index < -0.39 is 29.8 Å². The second kappa shape index (κ2) is 3.77. The fourth-order valence-electron chi connectivity index (χ4n) is 3.66. The second-order valence-electron chi connectivity index (χ2n) is 5.57. The van der Waals surface area contributed by atoms with Crippen LogP contribution in [0.5, 0.6) is 0 Å². The van der Waals surface area contributed by atoms with Gasteiger partial charge in [-0.15, -0.1) is 0 Å². The maximum Gasteiger partial charge on any atom is 0.426 e. The molecule has 0 saturated heterocycles. The Hall–Kier alpha value is -0.460. The highest BCUT2D eigenvalue weighted by molar-refractivity contribution is 5.08. The van der Waals surface area contributed by atoms with Crippen molar-refractivity contribution in [2.75, 3.05) is 0 Å². The Bertz CT molecular complexity index is 317. The molecule has 1 nitrogen and oxygen atoms in total. The van der Waals surface area contributed by atoms with E-state index in [0.29, 0.717) is 12.8 Å². The zero-order chi connectivity index (χ0) is 13.9. The van der Waals surface area contributed by atoms with Crippen molar-refractivity contribution in [1.82, 2.24) is 0 Å². The van der Waals surface area contributed by atoms with Gasteiger partial charge in [-0.2, -0.15) is 26.3 Å². The minimum Gasteiger partial charge on any atom is -0.373 e. The summed E-state index contributed by atoms with van der Waals surface area (Å²) in [6.07, 6.45) is -10.8. The topological polar surface area (TPSA) is 20.2 Å². The first-order valence-corrected chi connectivity index (χ1v) is 5.84. The van der Waals surface area contributed by atoms with Crippen molar-refractivity contribution in [1.29, 1.82) is 0 Å². The molecule has 0 radical (unpaired) electrons. The number of fused-ring (bicyclic) bond motifs is 2. The molecule has 1 N–H and O–H groups in total. The summed E-state index contributed by atoms with van der Waals surface area (Å²) in [5.74, 6) is -2.41. The van der Waals surface area contributed by atoms with Gasteiger partial charge in [0, 0.05) is 5.92 Å². The summed E-state index contributed by atoms with van der Waals surface area (Å²) in [6.45, 7) is 1.83. The highest BCUT2D eigenvalue weighted by Gasteiger charge is 2.76. The smallest absolute Gasteiger partial charge is 0.373 e. The molecule has 0 spiro atoms. The predicted molar refractivity (Wildman–Crippen MR) is 50.5 cm³/mol. The highest BCUT2D eigenvalue weighted by Crippen LogP contribution is 2.61. The maximum absolute atomic E-state index is 12.7. The zero-order valence-electron chi connectivity index (χ0n) is 9.65. The number of halogens is 6. The van der Waals surface area contributed by atoms with Gasteiger partial charge < -0.3 is 5.11 Å². The Morgan fingerprint density at radius 1 is 0.833 bits per heavy atom. The van der Waals surface area contributed by atoms with Gasteiger partial charge in [0.15, 0.2) is 0 Å². The van der Waals surface area contributed by atoms with E-state index in [4.69, 9.17) is 0 Å². The molecule has 18 heavy (non-hydrogen) atoms. The van der Waals surface area contributed by atoms with Gasteiger partial charge in [-0.3, -0.25) is 0 Å². The molecule has 0 aromatic heterocycles. The molecule has 0 aromatic carbocycles. The lowest BCUT2D eigenvalue weighted by molar-refractivity contribution is -0.389. The molecule has 2 aliphatic carbocycles. The third-order valence-electron chi connectivity index (χ3n) is 4.61. The van der Waals surface area contributed by atoms with Gasteiger partial charge in [0.25, 0.3) is 5.60 Å². The first kappa shape index (κ1) is 14.0. The number of alkyl halides is 6. The second-order valence-corrected chi connectivity index (χ2v) is 5.57. The molecule has 0 heterocycles. The van der Waals surface area contributed by atoms with E-state index in [1.807, 2.05) is 6.92 Å². The number of hydrogen-bond acceptors (Lipinski definition) is 1. The first-order valence-electron chi connectivity index (χ1n) is 5.84. The molecule has 0 amide bonds. The average Bonchev–Trinajstić information content (AvgIpc) is 2.70. The summed E-state index contributed by atoms with van der Waals surface area (Å²) in [5.41, 5.74) is -4.56. The Balaban J connectivity index is 2.34. The monoisotopic (exact) mass is 276 g/mol. The van der Waals surface area contributed by atoms with Gasteiger partial charge >= 0.3 is 12.4 Å². The van der Waals surface area contributed by atoms with Gasteiger partial charge in [-0.1, -0.05) is 6.92 Å². The van der Waals surface area contributed by atoms with Crippen molar-refractivity contribution < 1.29 is 31.4 Å². The van der Waals surface area contributed by atoms with Crippen LogP contribution in [0.25, 0.3) is 0 Å². The lowest BCUT2D eigenvalue weighted by Crippen LogP contribution is -2.62. The summed E-state index contributed by atoms with van der Waals surface area (Å²) in [6, 6.07) is 0. The van der Waals surface area contributed by atoms with Gasteiger partial charge in [-0.25, -0.2) is 0 Å². The van der Waals surface area contributed by atoms with Crippen LogP contribution in [0.15, 0.2) is 0 Å². The summed E-state index contributed by atoms with van der Waals surface area (Å²) < 4.78 is 76.2. The van der Waals surface area contributed by atoms with E-state index in [9.17, 15) is 31.4 Å². The van der Waals surface area contributed by atoms with Crippen LogP contribution < -0.4 is 0 Å². The van der Waals surface area contributed by atoms with Crippen LogP contribution in [0.2, 0.25) is 0 Å². The van der Waals surface area contributed by atoms with Crippen molar-refractivity contribution in [2.24, 2.45) is 23.7 Å². The Morgan fingerprint density at radius 3 is 1.61 bits per heavy atom. The Kier molecular flexibility index (Phi) is 2.93. The SMILES string of the molecule is C[C@@H]1CC2C[C@H]1CC2C(O)(C(F)(F)F)C(F)(F)F. The highest BCUT2D eigenvalue weighted by atomic mass is 19.4. The van der Waals surface area contributed by atoms with Crippen molar-refractivity contribution in [3.05, 3.63) is 0 Å². The van der Waals surface area contributed by atoms with Crippen molar-refractivity contribution in [3.8, 4) is 0 Å². The third-order valence-corrected chi connectivity index (χ3v) is 4.61. The van der Waals surface area contributed by atoms with Crippen LogP contribution in [0.3, 0.4) is 0 Å². The molecule has 2 fully saturated rings. The van der Waals surface area contributed by atoms with Crippen LogP contribution in [0.4, 0.5) is 26.3 Å².